The number of rotatable bonds is 6. The number of carbonyl (C=O) groups is 2. The summed E-state index contributed by atoms with van der Waals surface area (Å²) in [4.78, 5) is 33.2. The molecule has 4 aromatic rings. The zero-order chi connectivity index (χ0) is 31.1. The predicted octanol–water partition coefficient (Wildman–Crippen LogP) is 6.60. The summed E-state index contributed by atoms with van der Waals surface area (Å²) in [6.07, 6.45) is -0.572. The smallest absolute Gasteiger partial charge is 0.357 e. The van der Waals surface area contributed by atoms with Gasteiger partial charge in [-0.2, -0.15) is 18.3 Å². The van der Waals surface area contributed by atoms with E-state index >= 15 is 0 Å². The monoisotopic (exact) mass is 600 g/mol. The molecule has 0 spiro atoms. The third-order valence-electron chi connectivity index (χ3n) is 7.92. The number of amides is 1. The van der Waals surface area contributed by atoms with Crippen molar-refractivity contribution in [1.82, 2.24) is 14.8 Å². The number of aromatic nitrogens is 3. The quantitative estimate of drug-likeness (QED) is 0.259. The molecule has 8 nitrogen and oxygen atoms in total. The summed E-state index contributed by atoms with van der Waals surface area (Å²) in [7, 11) is 0. The van der Waals surface area contributed by atoms with E-state index in [1.54, 1.807) is 28.0 Å². The number of benzene rings is 3. The fourth-order valence-electron chi connectivity index (χ4n) is 5.98. The van der Waals surface area contributed by atoms with Crippen molar-refractivity contribution in [2.75, 3.05) is 22.1 Å². The molecule has 1 aliphatic carbocycles. The van der Waals surface area contributed by atoms with Crippen molar-refractivity contribution in [3.63, 3.8) is 0 Å². The summed E-state index contributed by atoms with van der Waals surface area (Å²) in [6.45, 7) is 4.41. The Morgan fingerprint density at radius 3 is 2.43 bits per heavy atom. The van der Waals surface area contributed by atoms with Crippen molar-refractivity contribution in [1.29, 1.82) is 0 Å². The molecular weight excluding hydrogens is 569 g/mol. The van der Waals surface area contributed by atoms with Crippen LogP contribution >= 0.6 is 0 Å². The van der Waals surface area contributed by atoms with Crippen molar-refractivity contribution in [2.45, 2.75) is 45.5 Å². The number of fused-ring (bicyclic) bond motifs is 1. The topological polar surface area (TPSA) is 92.2 Å². The predicted molar refractivity (Wildman–Crippen MR) is 161 cm³/mol. The van der Waals surface area contributed by atoms with E-state index in [1.165, 1.54) is 18.5 Å². The maximum atomic E-state index is 13.8. The molecule has 2 aliphatic rings. The second kappa shape index (κ2) is 11.3. The van der Waals surface area contributed by atoms with Gasteiger partial charge in [-0.3, -0.25) is 9.59 Å². The first-order valence-corrected chi connectivity index (χ1v) is 14.2. The van der Waals surface area contributed by atoms with E-state index in [0.29, 0.717) is 41.2 Å². The molecule has 3 aromatic carbocycles. The lowest BCUT2D eigenvalue weighted by Gasteiger charge is -2.38. The molecule has 0 saturated heterocycles. The van der Waals surface area contributed by atoms with Crippen molar-refractivity contribution in [3.8, 4) is 0 Å². The number of nitrogens with zero attached hydrogens (tertiary/aromatic N) is 4. The maximum Gasteiger partial charge on any atom is 0.416 e. The van der Waals surface area contributed by atoms with Crippen LogP contribution in [0.3, 0.4) is 0 Å². The number of Topliss-reactive ketones (excluding diaryl/α,β-unsaturated/α-hetero) is 1. The molecule has 1 unspecified atom stereocenters. The van der Waals surface area contributed by atoms with Crippen LogP contribution in [0.5, 0.6) is 0 Å². The third-order valence-corrected chi connectivity index (χ3v) is 7.92. The molecule has 0 saturated carbocycles. The van der Waals surface area contributed by atoms with E-state index in [4.69, 9.17) is 0 Å². The first-order chi connectivity index (χ1) is 21.0. The Morgan fingerprint density at radius 1 is 1.02 bits per heavy atom. The zero-order valence-corrected chi connectivity index (χ0v) is 24.2. The molecule has 11 heteroatoms. The summed E-state index contributed by atoms with van der Waals surface area (Å²) >= 11 is 0. The Labute approximate surface area is 252 Å². The van der Waals surface area contributed by atoms with E-state index in [0.717, 1.165) is 23.4 Å². The average Bonchev–Trinajstić information content (AvgIpc) is 3.43. The first kappa shape index (κ1) is 29.2. The Bertz CT molecular complexity index is 1710. The van der Waals surface area contributed by atoms with E-state index in [-0.39, 0.29) is 30.1 Å². The summed E-state index contributed by atoms with van der Waals surface area (Å²) in [5, 5.41) is 10.5. The minimum Gasteiger partial charge on any atom is -0.357 e. The number of nitrogens with one attached hydrogen (secondary N) is 2. The van der Waals surface area contributed by atoms with E-state index in [1.807, 2.05) is 50.2 Å². The van der Waals surface area contributed by atoms with Crippen LogP contribution in [-0.4, -0.2) is 33.0 Å². The molecule has 0 bridgehead atoms. The lowest BCUT2D eigenvalue weighted by molar-refractivity contribution is -0.137. The third kappa shape index (κ3) is 6.08. The maximum absolute atomic E-state index is 13.8. The van der Waals surface area contributed by atoms with E-state index < -0.39 is 17.8 Å². The lowest BCUT2D eigenvalue weighted by Crippen LogP contribution is -2.40. The van der Waals surface area contributed by atoms with Gasteiger partial charge in [-0.05, 0) is 59.4 Å². The number of alkyl halides is 3. The molecule has 6 rings (SSSR count). The number of halogens is 3. The first-order valence-electron chi connectivity index (χ1n) is 14.2. The highest BCUT2D eigenvalue weighted by Gasteiger charge is 2.42. The number of carbonyl (C=O) groups excluding carboxylic acids is 2. The number of anilines is 3. The van der Waals surface area contributed by atoms with Crippen LogP contribution in [0.1, 0.15) is 49.4 Å². The van der Waals surface area contributed by atoms with Crippen LogP contribution in [0.25, 0.3) is 0 Å². The average molecular weight is 601 g/mol. The molecule has 44 heavy (non-hydrogen) atoms. The van der Waals surface area contributed by atoms with Crippen LogP contribution in [0.15, 0.2) is 96.7 Å². The van der Waals surface area contributed by atoms with Gasteiger partial charge in [0, 0.05) is 23.4 Å². The Hall–Kier alpha value is -4.93. The normalized spacial score (nSPS) is 17.8. The Morgan fingerprint density at radius 2 is 1.75 bits per heavy atom. The molecule has 1 aliphatic heterocycles. The number of hydrogen-bond donors (Lipinski definition) is 2. The summed E-state index contributed by atoms with van der Waals surface area (Å²) in [5.41, 5.74) is 3.51. The van der Waals surface area contributed by atoms with Gasteiger partial charge in [-0.1, -0.05) is 50.2 Å². The van der Waals surface area contributed by atoms with Gasteiger partial charge in [0.1, 0.15) is 12.7 Å². The number of allylic oxidation sites excluding steroid dienone is 1. The minimum atomic E-state index is -4.50. The number of para-hydroxylation sites is 2. The summed E-state index contributed by atoms with van der Waals surface area (Å²) < 4.78 is 42.1. The standard InChI is InChI=1S/C33H31F3N6O2/c1-32(2)15-26-30(28(43)16-32)31(22-9-11-23(12-10-22)33(34,35)36)42(27-6-4-3-5-25(27)40-26)18-29(44)39-24-13-7-21(8-14-24)17-41-20-37-19-38-41/h3-14,19-20,31,40H,15-18H2,1-2H3,(H,39,44). The molecule has 1 atom stereocenters. The van der Waals surface area contributed by atoms with Crippen LogP contribution < -0.4 is 15.5 Å². The summed E-state index contributed by atoms with van der Waals surface area (Å²) in [5.74, 6) is -0.441. The van der Waals surface area contributed by atoms with E-state index in [9.17, 15) is 22.8 Å². The number of ketones is 1. The Balaban J connectivity index is 1.36. The minimum absolute atomic E-state index is 0.102. The highest BCUT2D eigenvalue weighted by Crippen LogP contribution is 2.48. The molecule has 0 radical (unpaired) electrons. The second-order valence-corrected chi connectivity index (χ2v) is 12.0. The van der Waals surface area contributed by atoms with Crippen molar-refractivity contribution in [2.24, 2.45) is 5.41 Å². The largest absolute Gasteiger partial charge is 0.416 e. The lowest BCUT2D eigenvalue weighted by atomic mass is 9.73. The van der Waals surface area contributed by atoms with Gasteiger partial charge in [0.2, 0.25) is 5.91 Å². The Kier molecular flexibility index (Phi) is 7.48. The van der Waals surface area contributed by atoms with Gasteiger partial charge in [0.15, 0.2) is 5.78 Å². The number of hydrogen-bond acceptors (Lipinski definition) is 6. The molecule has 1 aromatic heterocycles. The van der Waals surface area contributed by atoms with Crippen molar-refractivity contribution < 1.29 is 22.8 Å². The molecule has 0 fully saturated rings. The van der Waals surface area contributed by atoms with Gasteiger partial charge >= 0.3 is 6.18 Å². The zero-order valence-electron chi connectivity index (χ0n) is 24.2. The van der Waals surface area contributed by atoms with Gasteiger partial charge in [-0.25, -0.2) is 9.67 Å². The van der Waals surface area contributed by atoms with Gasteiger partial charge in [-0.15, -0.1) is 0 Å². The van der Waals surface area contributed by atoms with Crippen LogP contribution in [0.4, 0.5) is 30.2 Å². The highest BCUT2D eigenvalue weighted by atomic mass is 19.4. The van der Waals surface area contributed by atoms with Crippen LogP contribution in [0.2, 0.25) is 0 Å². The summed E-state index contributed by atoms with van der Waals surface area (Å²) in [6, 6.07) is 18.8. The van der Waals surface area contributed by atoms with Crippen LogP contribution in [0, 0.1) is 5.41 Å². The van der Waals surface area contributed by atoms with Crippen molar-refractivity contribution >= 4 is 28.8 Å². The fourth-order valence-corrected chi connectivity index (χ4v) is 5.98. The molecule has 2 heterocycles. The SMILES string of the molecule is CC1(C)CC(=O)C2=C(C1)Nc1ccccc1N(CC(=O)Nc1ccc(Cn3cncn3)cc1)C2c1ccc(C(F)(F)F)cc1. The highest BCUT2D eigenvalue weighted by molar-refractivity contribution is 6.02. The fraction of sp³-hybridized carbons (Fsp3) is 0.273. The van der Waals surface area contributed by atoms with Gasteiger partial charge in [0.25, 0.3) is 0 Å². The van der Waals surface area contributed by atoms with Gasteiger partial charge in [0.05, 0.1) is 36.1 Å². The molecule has 226 valence electrons. The van der Waals surface area contributed by atoms with Gasteiger partial charge < -0.3 is 15.5 Å². The second-order valence-electron chi connectivity index (χ2n) is 12.0. The molecule has 1 amide bonds. The molecule has 2 N–H and O–H groups in total. The molecular formula is C33H31F3N6O2. The van der Waals surface area contributed by atoms with E-state index in [2.05, 4.69) is 20.7 Å². The van der Waals surface area contributed by atoms with Crippen molar-refractivity contribution in [3.05, 3.63) is 113 Å². The van der Waals surface area contributed by atoms with Crippen LogP contribution in [-0.2, 0) is 22.3 Å².